The number of nitrogens with one attached hydrogen (secondary N) is 1. The van der Waals surface area contributed by atoms with Crippen molar-refractivity contribution in [3.05, 3.63) is 77.0 Å². The molecular formula is C24H24N4O4S2. The van der Waals surface area contributed by atoms with Gasteiger partial charge in [-0.2, -0.15) is 4.98 Å². The summed E-state index contributed by atoms with van der Waals surface area (Å²) in [5.74, 6) is 1.23. The van der Waals surface area contributed by atoms with Crippen LogP contribution in [0.4, 0.5) is 5.82 Å². The van der Waals surface area contributed by atoms with Crippen LogP contribution in [-0.2, 0) is 15.8 Å². The highest BCUT2D eigenvalue weighted by Gasteiger charge is 2.20. The van der Waals surface area contributed by atoms with Gasteiger partial charge in [-0.3, -0.25) is 4.79 Å². The van der Waals surface area contributed by atoms with Gasteiger partial charge in [-0.05, 0) is 43.7 Å². The van der Waals surface area contributed by atoms with Crippen molar-refractivity contribution >= 4 is 44.6 Å². The number of benzene rings is 2. The average Bonchev–Trinajstić information content (AvgIpc) is 3.11. The molecule has 0 aliphatic rings. The largest absolute Gasteiger partial charge is 0.443 e. The highest BCUT2D eigenvalue weighted by atomic mass is 32.2. The molecule has 0 aliphatic carbocycles. The quantitative estimate of drug-likeness (QED) is 0.294. The van der Waals surface area contributed by atoms with Crippen LogP contribution in [0, 0.1) is 13.8 Å². The van der Waals surface area contributed by atoms with Crippen LogP contribution in [0.2, 0.25) is 0 Å². The number of carbonyl (C=O) groups excluding carboxylic acids is 1. The summed E-state index contributed by atoms with van der Waals surface area (Å²) in [6.07, 6.45) is 0. The zero-order valence-corrected chi connectivity index (χ0v) is 20.8. The van der Waals surface area contributed by atoms with E-state index in [0.717, 1.165) is 11.1 Å². The Labute approximate surface area is 202 Å². The van der Waals surface area contributed by atoms with Crippen molar-refractivity contribution in [3.63, 3.8) is 0 Å². The third-order valence-electron chi connectivity index (χ3n) is 5.32. The smallest absolute Gasteiger partial charge is 0.256 e. The van der Waals surface area contributed by atoms with Crippen molar-refractivity contribution in [3.8, 4) is 0 Å². The molecule has 0 saturated carbocycles. The van der Waals surface area contributed by atoms with Crippen molar-refractivity contribution < 1.29 is 17.6 Å². The zero-order chi connectivity index (χ0) is 24.5. The van der Waals surface area contributed by atoms with Gasteiger partial charge < -0.3 is 9.73 Å². The number of sulfonamides is 1. The maximum Gasteiger partial charge on any atom is 0.256 e. The van der Waals surface area contributed by atoms with Crippen molar-refractivity contribution in [1.29, 1.82) is 0 Å². The normalized spacial score (nSPS) is 11.8. The molecule has 0 unspecified atom stereocenters. The van der Waals surface area contributed by atoms with E-state index in [1.165, 1.54) is 30.2 Å². The van der Waals surface area contributed by atoms with E-state index in [9.17, 15) is 13.2 Å². The molecule has 34 heavy (non-hydrogen) atoms. The van der Waals surface area contributed by atoms with Crippen LogP contribution in [-0.4, -0.2) is 42.7 Å². The maximum atomic E-state index is 12.8. The van der Waals surface area contributed by atoms with E-state index in [1.54, 1.807) is 42.5 Å². The van der Waals surface area contributed by atoms with Gasteiger partial charge in [-0.15, -0.1) is 0 Å². The molecule has 10 heteroatoms. The molecule has 0 fully saturated rings. The fraction of sp³-hybridized carbons (Fsp3) is 0.208. The topological polar surface area (TPSA) is 105 Å². The van der Waals surface area contributed by atoms with E-state index in [-0.39, 0.29) is 10.8 Å². The molecule has 0 spiro atoms. The van der Waals surface area contributed by atoms with Crippen LogP contribution >= 0.6 is 11.8 Å². The number of carbonyl (C=O) groups is 1. The number of amides is 1. The molecule has 1 N–H and O–H groups in total. The Kier molecular flexibility index (Phi) is 6.74. The number of aromatic nitrogens is 2. The summed E-state index contributed by atoms with van der Waals surface area (Å²) in [6, 6.07) is 15.7. The van der Waals surface area contributed by atoms with E-state index in [1.807, 2.05) is 26.0 Å². The van der Waals surface area contributed by atoms with Crippen LogP contribution in [0.25, 0.3) is 11.1 Å². The summed E-state index contributed by atoms with van der Waals surface area (Å²) >= 11 is 1.33. The van der Waals surface area contributed by atoms with Gasteiger partial charge >= 0.3 is 0 Å². The van der Waals surface area contributed by atoms with Gasteiger partial charge in [0.25, 0.3) is 5.91 Å². The molecule has 0 bridgehead atoms. The first-order valence-corrected chi connectivity index (χ1v) is 12.9. The minimum absolute atomic E-state index is 0.222. The van der Waals surface area contributed by atoms with Crippen LogP contribution in [0.5, 0.6) is 0 Å². The molecule has 0 radical (unpaired) electrons. The van der Waals surface area contributed by atoms with Crippen LogP contribution in [0.3, 0.4) is 0 Å². The molecule has 2 aromatic heterocycles. The Morgan fingerprint density at radius 1 is 1.06 bits per heavy atom. The maximum absolute atomic E-state index is 12.8. The standard InChI is InChI=1S/C24H24N4O4S2/c1-15-16(2)32-23-20(15)21(25-22(29)18-10-6-5-7-11-18)26-24(27-23)33-14-17-9-8-12-19(13-17)34(30,31)28(3)4/h5-13H,14H2,1-4H3,(H,25,26,27,29). The number of fused-ring (bicyclic) bond motifs is 1. The molecule has 0 aliphatic heterocycles. The second-order valence-corrected chi connectivity index (χ2v) is 11.0. The summed E-state index contributed by atoms with van der Waals surface area (Å²) in [4.78, 5) is 22.1. The number of thioether (sulfide) groups is 1. The zero-order valence-electron chi connectivity index (χ0n) is 19.2. The molecule has 8 nitrogen and oxygen atoms in total. The lowest BCUT2D eigenvalue weighted by Gasteiger charge is -2.12. The number of aryl methyl sites for hydroxylation is 2. The third-order valence-corrected chi connectivity index (χ3v) is 8.05. The summed E-state index contributed by atoms with van der Waals surface area (Å²) in [7, 11) is -0.533. The summed E-state index contributed by atoms with van der Waals surface area (Å²) < 4.78 is 31.9. The molecular weight excluding hydrogens is 472 g/mol. The predicted molar refractivity (Wildman–Crippen MR) is 133 cm³/mol. The summed E-state index contributed by atoms with van der Waals surface area (Å²) in [5, 5.41) is 3.95. The van der Waals surface area contributed by atoms with Gasteiger partial charge in [0.1, 0.15) is 11.6 Å². The first-order chi connectivity index (χ1) is 16.2. The highest BCUT2D eigenvalue weighted by Crippen LogP contribution is 2.32. The van der Waals surface area contributed by atoms with E-state index in [4.69, 9.17) is 4.42 Å². The third kappa shape index (κ3) is 4.84. The molecule has 0 atom stereocenters. The Bertz CT molecular complexity index is 1470. The Hall–Kier alpha value is -3.21. The number of hydrogen-bond donors (Lipinski definition) is 1. The van der Waals surface area contributed by atoms with E-state index in [2.05, 4.69) is 15.3 Å². The van der Waals surface area contributed by atoms with Crippen molar-refractivity contribution in [2.45, 2.75) is 29.7 Å². The molecule has 2 aromatic carbocycles. The lowest BCUT2D eigenvalue weighted by Crippen LogP contribution is -2.22. The lowest BCUT2D eigenvalue weighted by atomic mass is 10.2. The Morgan fingerprint density at radius 2 is 1.79 bits per heavy atom. The Balaban J connectivity index is 1.63. The predicted octanol–water partition coefficient (Wildman–Crippen LogP) is 4.63. The van der Waals surface area contributed by atoms with Gasteiger partial charge in [-0.1, -0.05) is 42.1 Å². The van der Waals surface area contributed by atoms with Crippen molar-refractivity contribution in [1.82, 2.24) is 14.3 Å². The summed E-state index contributed by atoms with van der Waals surface area (Å²) in [6.45, 7) is 3.73. The van der Waals surface area contributed by atoms with Gasteiger partial charge in [0, 0.05) is 31.0 Å². The van der Waals surface area contributed by atoms with Crippen LogP contribution < -0.4 is 5.32 Å². The number of furan rings is 1. The van der Waals surface area contributed by atoms with Gasteiger partial charge in [0.15, 0.2) is 5.16 Å². The first kappa shape index (κ1) is 23.9. The second kappa shape index (κ2) is 9.57. The fourth-order valence-electron chi connectivity index (χ4n) is 3.31. The second-order valence-electron chi connectivity index (χ2n) is 7.86. The lowest BCUT2D eigenvalue weighted by molar-refractivity contribution is 0.102. The minimum Gasteiger partial charge on any atom is -0.443 e. The number of anilines is 1. The summed E-state index contributed by atoms with van der Waals surface area (Å²) in [5.41, 5.74) is 2.56. The minimum atomic E-state index is -3.53. The van der Waals surface area contributed by atoms with E-state index in [0.29, 0.717) is 39.2 Å². The van der Waals surface area contributed by atoms with Crippen molar-refractivity contribution in [2.24, 2.45) is 0 Å². The monoisotopic (exact) mass is 496 g/mol. The van der Waals surface area contributed by atoms with E-state index < -0.39 is 10.0 Å². The number of rotatable bonds is 7. The highest BCUT2D eigenvalue weighted by molar-refractivity contribution is 7.98. The molecule has 4 aromatic rings. The molecule has 0 saturated heterocycles. The number of nitrogens with zero attached hydrogens (tertiary/aromatic N) is 3. The van der Waals surface area contributed by atoms with Gasteiger partial charge in [0.2, 0.25) is 15.7 Å². The molecule has 176 valence electrons. The molecule has 2 heterocycles. The average molecular weight is 497 g/mol. The fourth-order valence-corrected chi connectivity index (χ4v) is 5.06. The number of hydrogen-bond acceptors (Lipinski definition) is 7. The van der Waals surface area contributed by atoms with E-state index >= 15 is 0 Å². The Morgan fingerprint density at radius 3 is 2.50 bits per heavy atom. The van der Waals surface area contributed by atoms with Crippen molar-refractivity contribution in [2.75, 3.05) is 19.4 Å². The first-order valence-electron chi connectivity index (χ1n) is 10.4. The van der Waals surface area contributed by atoms with Gasteiger partial charge in [0.05, 0.1) is 10.3 Å². The molecule has 4 rings (SSSR count). The van der Waals surface area contributed by atoms with Gasteiger partial charge in [-0.25, -0.2) is 17.7 Å². The SMILES string of the molecule is Cc1oc2nc(SCc3cccc(S(=O)(=O)N(C)C)c3)nc(NC(=O)c3ccccc3)c2c1C. The van der Waals surface area contributed by atoms with Crippen LogP contribution in [0.15, 0.2) is 69.1 Å². The molecule has 1 amide bonds. The van der Waals surface area contributed by atoms with Crippen LogP contribution in [0.1, 0.15) is 27.2 Å².